The minimum absolute atomic E-state index is 0.0515. The van der Waals surface area contributed by atoms with Gasteiger partial charge in [0.25, 0.3) is 10.0 Å². The highest BCUT2D eigenvalue weighted by atomic mass is 32.2. The van der Waals surface area contributed by atoms with Crippen molar-refractivity contribution in [3.05, 3.63) is 66.7 Å². The SMILES string of the molecule is O=C(O)[C@H]1CC(=O)N(c2ccc(S(=O)(=O)Nc3cccc4ccccc34)cc2)C1. The molecule has 1 aliphatic rings. The normalized spacial score (nSPS) is 16.9. The van der Waals surface area contributed by atoms with E-state index in [1.165, 1.54) is 29.2 Å². The molecule has 0 radical (unpaired) electrons. The lowest BCUT2D eigenvalue weighted by Crippen LogP contribution is -2.25. The Morgan fingerprint density at radius 2 is 1.69 bits per heavy atom. The van der Waals surface area contributed by atoms with Crippen LogP contribution in [0.5, 0.6) is 0 Å². The van der Waals surface area contributed by atoms with E-state index in [-0.39, 0.29) is 23.8 Å². The minimum Gasteiger partial charge on any atom is -0.481 e. The monoisotopic (exact) mass is 410 g/mol. The Balaban J connectivity index is 1.58. The molecule has 1 fully saturated rings. The molecule has 2 N–H and O–H groups in total. The van der Waals surface area contributed by atoms with E-state index >= 15 is 0 Å². The van der Waals surface area contributed by atoms with Gasteiger partial charge in [-0.1, -0.05) is 36.4 Å². The largest absolute Gasteiger partial charge is 0.481 e. The fourth-order valence-electron chi connectivity index (χ4n) is 3.45. The molecule has 8 heteroatoms. The number of rotatable bonds is 5. The van der Waals surface area contributed by atoms with E-state index in [4.69, 9.17) is 5.11 Å². The van der Waals surface area contributed by atoms with Crippen molar-refractivity contribution in [3.63, 3.8) is 0 Å². The molecule has 29 heavy (non-hydrogen) atoms. The molecule has 3 aromatic carbocycles. The first-order valence-electron chi connectivity index (χ1n) is 8.99. The first kappa shape index (κ1) is 18.9. The van der Waals surface area contributed by atoms with Crippen LogP contribution in [0.1, 0.15) is 6.42 Å². The van der Waals surface area contributed by atoms with E-state index in [2.05, 4.69) is 4.72 Å². The third-order valence-electron chi connectivity index (χ3n) is 4.97. The van der Waals surface area contributed by atoms with Gasteiger partial charge in [0.1, 0.15) is 0 Å². The average molecular weight is 410 g/mol. The number of nitrogens with zero attached hydrogens (tertiary/aromatic N) is 1. The van der Waals surface area contributed by atoms with E-state index in [9.17, 15) is 18.0 Å². The van der Waals surface area contributed by atoms with E-state index in [0.717, 1.165) is 10.8 Å². The Kier molecular flexibility index (Phi) is 4.71. The third kappa shape index (κ3) is 3.66. The summed E-state index contributed by atoms with van der Waals surface area (Å²) in [7, 11) is -3.83. The summed E-state index contributed by atoms with van der Waals surface area (Å²) >= 11 is 0. The van der Waals surface area contributed by atoms with Crippen LogP contribution in [-0.4, -0.2) is 31.9 Å². The van der Waals surface area contributed by atoms with Crippen molar-refractivity contribution in [2.75, 3.05) is 16.2 Å². The van der Waals surface area contributed by atoms with Crippen molar-refractivity contribution in [3.8, 4) is 0 Å². The van der Waals surface area contributed by atoms with Gasteiger partial charge < -0.3 is 10.0 Å². The molecular weight excluding hydrogens is 392 g/mol. The fourth-order valence-corrected chi connectivity index (χ4v) is 4.53. The molecule has 1 amide bonds. The number of nitrogens with one attached hydrogen (secondary N) is 1. The molecule has 0 saturated carbocycles. The summed E-state index contributed by atoms with van der Waals surface area (Å²) in [6.07, 6.45) is -0.0575. The second kappa shape index (κ2) is 7.21. The molecular formula is C21H18N2O5S. The number of sulfonamides is 1. The van der Waals surface area contributed by atoms with Crippen LogP contribution < -0.4 is 9.62 Å². The van der Waals surface area contributed by atoms with Crippen LogP contribution in [0, 0.1) is 5.92 Å². The molecule has 148 valence electrons. The molecule has 0 aromatic heterocycles. The van der Waals surface area contributed by atoms with E-state index in [0.29, 0.717) is 11.4 Å². The highest BCUT2D eigenvalue weighted by molar-refractivity contribution is 7.92. The average Bonchev–Trinajstić information content (AvgIpc) is 3.10. The van der Waals surface area contributed by atoms with E-state index in [1.807, 2.05) is 30.3 Å². The molecule has 7 nitrogen and oxygen atoms in total. The number of carbonyl (C=O) groups is 2. The quantitative estimate of drug-likeness (QED) is 0.673. The molecule has 0 bridgehead atoms. The van der Waals surface area contributed by atoms with Gasteiger partial charge in [0, 0.05) is 24.0 Å². The molecule has 0 aliphatic carbocycles. The predicted molar refractivity (Wildman–Crippen MR) is 109 cm³/mol. The summed E-state index contributed by atoms with van der Waals surface area (Å²) in [5.74, 6) is -2.06. The maximum Gasteiger partial charge on any atom is 0.308 e. The van der Waals surface area contributed by atoms with Gasteiger partial charge >= 0.3 is 5.97 Å². The van der Waals surface area contributed by atoms with E-state index in [1.54, 1.807) is 12.1 Å². The van der Waals surface area contributed by atoms with Crippen molar-refractivity contribution in [2.45, 2.75) is 11.3 Å². The fraction of sp³-hybridized carbons (Fsp3) is 0.143. The van der Waals surface area contributed by atoms with Crippen molar-refractivity contribution < 1.29 is 23.1 Å². The zero-order valence-electron chi connectivity index (χ0n) is 15.3. The van der Waals surface area contributed by atoms with Crippen LogP contribution in [0.25, 0.3) is 10.8 Å². The summed E-state index contributed by atoms with van der Waals surface area (Å²) in [5, 5.41) is 10.8. The van der Waals surface area contributed by atoms with Crippen LogP contribution in [0.3, 0.4) is 0 Å². The minimum atomic E-state index is -3.83. The third-order valence-corrected chi connectivity index (χ3v) is 6.35. The van der Waals surface area contributed by atoms with Gasteiger partial charge in [0.2, 0.25) is 5.91 Å². The highest BCUT2D eigenvalue weighted by Crippen LogP contribution is 2.28. The Labute approximate surface area is 167 Å². The van der Waals surface area contributed by atoms with Crippen molar-refractivity contribution in [1.29, 1.82) is 0 Å². The van der Waals surface area contributed by atoms with Crippen molar-refractivity contribution in [2.24, 2.45) is 5.92 Å². The topological polar surface area (TPSA) is 104 Å². The summed E-state index contributed by atoms with van der Waals surface area (Å²) in [4.78, 5) is 24.6. The smallest absolute Gasteiger partial charge is 0.308 e. The van der Waals surface area contributed by atoms with Gasteiger partial charge in [-0.15, -0.1) is 0 Å². The summed E-state index contributed by atoms with van der Waals surface area (Å²) < 4.78 is 28.2. The number of aliphatic carboxylic acids is 1. The van der Waals surface area contributed by atoms with Gasteiger partial charge in [-0.05, 0) is 35.7 Å². The van der Waals surface area contributed by atoms with Gasteiger partial charge in [-0.3, -0.25) is 14.3 Å². The van der Waals surface area contributed by atoms with Gasteiger partial charge in [0.15, 0.2) is 0 Å². The van der Waals surface area contributed by atoms with Crippen molar-refractivity contribution in [1.82, 2.24) is 0 Å². The zero-order valence-corrected chi connectivity index (χ0v) is 16.1. The van der Waals surface area contributed by atoms with E-state index < -0.39 is 21.9 Å². The number of benzene rings is 3. The predicted octanol–water partition coefficient (Wildman–Crippen LogP) is 3.08. The molecule has 3 aromatic rings. The summed E-state index contributed by atoms with van der Waals surface area (Å²) in [6, 6.07) is 18.7. The van der Waals surface area contributed by atoms with Crippen LogP contribution in [0.2, 0.25) is 0 Å². The lowest BCUT2D eigenvalue weighted by Gasteiger charge is -2.17. The number of anilines is 2. The molecule has 1 heterocycles. The Bertz CT molecular complexity index is 1200. The number of carboxylic acid groups (broad SMARTS) is 1. The number of hydrogen-bond donors (Lipinski definition) is 2. The molecule has 1 atom stereocenters. The first-order chi connectivity index (χ1) is 13.8. The Hall–Kier alpha value is -3.39. The number of carboxylic acids is 1. The summed E-state index contributed by atoms with van der Waals surface area (Å²) in [5.41, 5.74) is 0.953. The van der Waals surface area contributed by atoms with Gasteiger partial charge in [-0.2, -0.15) is 0 Å². The number of carbonyl (C=O) groups excluding carboxylic acids is 1. The Morgan fingerprint density at radius 1 is 1.00 bits per heavy atom. The number of fused-ring (bicyclic) bond motifs is 1. The maximum atomic E-state index is 12.8. The lowest BCUT2D eigenvalue weighted by molar-refractivity contribution is -0.141. The standard InChI is InChI=1S/C21H18N2O5S/c24-20-12-15(21(25)26)13-23(20)16-8-10-17(11-9-16)29(27,28)22-19-7-3-5-14-4-1-2-6-18(14)19/h1-11,15,22H,12-13H2,(H,25,26)/t15-/m0/s1. The van der Waals surface area contributed by atoms with Crippen LogP contribution in [-0.2, 0) is 19.6 Å². The van der Waals surface area contributed by atoms with Crippen molar-refractivity contribution >= 4 is 44.0 Å². The molecule has 1 aliphatic heterocycles. The maximum absolute atomic E-state index is 12.8. The van der Waals surface area contributed by atoms with Crippen LogP contribution in [0.15, 0.2) is 71.6 Å². The van der Waals surface area contributed by atoms with Gasteiger partial charge in [-0.25, -0.2) is 8.42 Å². The van der Waals surface area contributed by atoms with Gasteiger partial charge in [0.05, 0.1) is 16.5 Å². The zero-order chi connectivity index (χ0) is 20.6. The molecule has 0 unspecified atom stereocenters. The highest BCUT2D eigenvalue weighted by Gasteiger charge is 2.35. The summed E-state index contributed by atoms with van der Waals surface area (Å²) in [6.45, 7) is 0.0779. The molecule has 4 rings (SSSR count). The van der Waals surface area contributed by atoms with Crippen LogP contribution in [0.4, 0.5) is 11.4 Å². The second-order valence-corrected chi connectivity index (χ2v) is 8.55. The molecule has 1 saturated heterocycles. The Morgan fingerprint density at radius 3 is 2.38 bits per heavy atom. The van der Waals surface area contributed by atoms with Crippen LogP contribution >= 0.6 is 0 Å². The molecule has 0 spiro atoms. The number of amides is 1. The second-order valence-electron chi connectivity index (χ2n) is 6.87. The number of hydrogen-bond acceptors (Lipinski definition) is 4. The lowest BCUT2D eigenvalue weighted by atomic mass is 10.1. The first-order valence-corrected chi connectivity index (χ1v) is 10.5.